The summed E-state index contributed by atoms with van der Waals surface area (Å²) in [5.74, 6) is 0.418. The Hall–Kier alpha value is -0.620. The number of hydrogen-bond acceptors (Lipinski definition) is 4. The Kier molecular flexibility index (Phi) is 4.27. The second-order valence-corrected chi connectivity index (χ2v) is 9.93. The highest BCUT2D eigenvalue weighted by Gasteiger charge is 2.50. The highest BCUT2D eigenvalue weighted by molar-refractivity contribution is 7.92. The molecule has 2 heterocycles. The molecule has 1 aliphatic carbocycles. The van der Waals surface area contributed by atoms with Crippen LogP contribution in [0.2, 0.25) is 0 Å². The lowest BCUT2D eigenvalue weighted by Gasteiger charge is -2.41. The summed E-state index contributed by atoms with van der Waals surface area (Å²) in [7, 11) is -3.01. The highest BCUT2D eigenvalue weighted by Crippen LogP contribution is 2.44. The molecule has 3 rings (SSSR count). The molecule has 1 saturated carbocycles. The number of carbonyl (C=O) groups excluding carboxylic acids is 1. The molecule has 2 saturated heterocycles. The van der Waals surface area contributed by atoms with Gasteiger partial charge in [-0.15, -0.1) is 0 Å². The first kappa shape index (κ1) is 16.2. The van der Waals surface area contributed by atoms with E-state index < -0.39 is 14.6 Å². The quantitative estimate of drug-likeness (QED) is 0.769. The third-order valence-electron chi connectivity index (χ3n) is 5.94. The summed E-state index contributed by atoms with van der Waals surface area (Å²) in [6.07, 6.45) is 5.27. The minimum absolute atomic E-state index is 0.110. The average Bonchev–Trinajstić information content (AvgIpc) is 2.54. The molecule has 1 atom stereocenters. The summed E-state index contributed by atoms with van der Waals surface area (Å²) in [4.78, 5) is 16.8. The van der Waals surface area contributed by atoms with E-state index in [0.29, 0.717) is 13.0 Å². The zero-order valence-electron chi connectivity index (χ0n) is 13.8. The smallest absolute Gasteiger partial charge is 0.240 e. The van der Waals surface area contributed by atoms with Crippen LogP contribution in [-0.4, -0.2) is 66.3 Å². The summed E-state index contributed by atoms with van der Waals surface area (Å²) in [5, 5.41) is 0. The summed E-state index contributed by atoms with van der Waals surface area (Å²) < 4.78 is 24.7. The minimum atomic E-state index is -3.01. The zero-order chi connectivity index (χ0) is 16.0. The lowest BCUT2D eigenvalue weighted by atomic mass is 9.81. The van der Waals surface area contributed by atoms with Crippen molar-refractivity contribution in [1.82, 2.24) is 9.80 Å². The van der Waals surface area contributed by atoms with Gasteiger partial charge in [0.1, 0.15) is 0 Å². The first-order valence-corrected chi connectivity index (χ1v) is 10.3. The van der Waals surface area contributed by atoms with Crippen LogP contribution in [0.25, 0.3) is 0 Å². The summed E-state index contributed by atoms with van der Waals surface area (Å²) in [6, 6.07) is 0.116. The molecule has 0 aromatic rings. The first-order valence-electron chi connectivity index (χ1n) is 8.63. The molecule has 5 nitrogen and oxygen atoms in total. The number of nitrogens with zero attached hydrogens (tertiary/aromatic N) is 2. The van der Waals surface area contributed by atoms with Gasteiger partial charge < -0.3 is 4.90 Å². The van der Waals surface area contributed by atoms with Crippen molar-refractivity contribution < 1.29 is 13.2 Å². The SMILES string of the molecule is CC(C)N1CCCC(N2CCC3(CCC3)S(=O)(=O)CC2)C1=O. The van der Waals surface area contributed by atoms with Crippen LogP contribution in [0, 0.1) is 0 Å². The van der Waals surface area contributed by atoms with Crippen LogP contribution >= 0.6 is 0 Å². The maximum Gasteiger partial charge on any atom is 0.240 e. The van der Waals surface area contributed by atoms with E-state index in [1.807, 2.05) is 4.90 Å². The van der Waals surface area contributed by atoms with Crippen LogP contribution in [0.5, 0.6) is 0 Å². The van der Waals surface area contributed by atoms with Crippen molar-refractivity contribution in [3.8, 4) is 0 Å². The van der Waals surface area contributed by atoms with Gasteiger partial charge in [-0.1, -0.05) is 6.42 Å². The third kappa shape index (κ3) is 2.58. The van der Waals surface area contributed by atoms with Gasteiger partial charge in [0.25, 0.3) is 0 Å². The molecule has 6 heteroatoms. The molecule has 1 unspecified atom stereocenters. The first-order chi connectivity index (χ1) is 10.4. The number of carbonyl (C=O) groups is 1. The Morgan fingerprint density at radius 1 is 1.09 bits per heavy atom. The van der Waals surface area contributed by atoms with Gasteiger partial charge in [-0.2, -0.15) is 0 Å². The fourth-order valence-electron chi connectivity index (χ4n) is 4.24. The van der Waals surface area contributed by atoms with E-state index in [1.54, 1.807) is 0 Å². The van der Waals surface area contributed by atoms with E-state index in [0.717, 1.165) is 45.2 Å². The maximum absolute atomic E-state index is 12.7. The molecule has 3 aliphatic rings. The molecule has 0 radical (unpaired) electrons. The Morgan fingerprint density at radius 2 is 1.82 bits per heavy atom. The van der Waals surface area contributed by atoms with Crippen molar-refractivity contribution in [1.29, 1.82) is 0 Å². The van der Waals surface area contributed by atoms with Gasteiger partial charge in [-0.3, -0.25) is 9.69 Å². The molecular formula is C16H28N2O3S. The van der Waals surface area contributed by atoms with E-state index in [2.05, 4.69) is 18.7 Å². The van der Waals surface area contributed by atoms with Gasteiger partial charge in [-0.05, 0) is 46.0 Å². The van der Waals surface area contributed by atoms with E-state index in [4.69, 9.17) is 0 Å². The lowest BCUT2D eigenvalue weighted by molar-refractivity contribution is -0.142. The van der Waals surface area contributed by atoms with Gasteiger partial charge >= 0.3 is 0 Å². The number of amides is 1. The van der Waals surface area contributed by atoms with Crippen LogP contribution in [0.3, 0.4) is 0 Å². The zero-order valence-corrected chi connectivity index (χ0v) is 14.6. The number of hydrogen-bond donors (Lipinski definition) is 0. The number of rotatable bonds is 2. The van der Waals surface area contributed by atoms with Gasteiger partial charge in [0, 0.05) is 25.7 Å². The Bertz CT molecular complexity index is 540. The molecule has 126 valence electrons. The molecule has 2 aliphatic heterocycles. The lowest BCUT2D eigenvalue weighted by Crippen LogP contribution is -2.54. The minimum Gasteiger partial charge on any atom is -0.339 e. The molecule has 0 N–H and O–H groups in total. The van der Waals surface area contributed by atoms with Crippen molar-refractivity contribution in [3.05, 3.63) is 0 Å². The van der Waals surface area contributed by atoms with Gasteiger partial charge in [0.05, 0.1) is 16.5 Å². The van der Waals surface area contributed by atoms with Crippen molar-refractivity contribution in [2.24, 2.45) is 0 Å². The molecule has 22 heavy (non-hydrogen) atoms. The van der Waals surface area contributed by atoms with Gasteiger partial charge in [0.2, 0.25) is 5.91 Å². The van der Waals surface area contributed by atoms with E-state index in [9.17, 15) is 13.2 Å². The standard InChI is InChI=1S/C16H28N2O3S/c1-13(2)18-9-3-5-14(15(18)19)17-10-8-16(6-4-7-16)22(20,21)12-11-17/h13-14H,3-12H2,1-2H3. The number of piperidine rings is 1. The largest absolute Gasteiger partial charge is 0.339 e. The molecule has 3 fully saturated rings. The molecular weight excluding hydrogens is 300 g/mol. The summed E-state index contributed by atoms with van der Waals surface area (Å²) in [6.45, 7) is 6.21. The number of likely N-dealkylation sites (tertiary alicyclic amines) is 1. The Balaban J connectivity index is 1.74. The summed E-state index contributed by atoms with van der Waals surface area (Å²) in [5.41, 5.74) is 0. The highest BCUT2D eigenvalue weighted by atomic mass is 32.2. The monoisotopic (exact) mass is 328 g/mol. The van der Waals surface area contributed by atoms with Crippen LogP contribution in [-0.2, 0) is 14.6 Å². The fourth-order valence-corrected chi connectivity index (χ4v) is 6.46. The van der Waals surface area contributed by atoms with Crippen LogP contribution in [0.1, 0.15) is 52.4 Å². The van der Waals surface area contributed by atoms with E-state index in [1.165, 1.54) is 0 Å². The molecule has 0 aromatic heterocycles. The molecule has 0 bridgehead atoms. The van der Waals surface area contributed by atoms with Crippen LogP contribution in [0.4, 0.5) is 0 Å². The molecule has 1 amide bonds. The predicted molar refractivity (Wildman–Crippen MR) is 86.4 cm³/mol. The van der Waals surface area contributed by atoms with Crippen molar-refractivity contribution in [2.45, 2.75) is 69.2 Å². The molecule has 1 spiro atoms. The number of sulfone groups is 1. The molecule has 0 aromatic carbocycles. The van der Waals surface area contributed by atoms with Crippen molar-refractivity contribution in [2.75, 3.05) is 25.4 Å². The second kappa shape index (κ2) is 5.78. The van der Waals surface area contributed by atoms with Crippen molar-refractivity contribution in [3.63, 3.8) is 0 Å². The summed E-state index contributed by atoms with van der Waals surface area (Å²) >= 11 is 0. The van der Waals surface area contributed by atoms with Crippen LogP contribution < -0.4 is 0 Å². The second-order valence-electron chi connectivity index (χ2n) is 7.42. The van der Waals surface area contributed by atoms with E-state index in [-0.39, 0.29) is 23.7 Å². The predicted octanol–water partition coefficient (Wildman–Crippen LogP) is 1.43. The Labute approximate surface area is 134 Å². The normalized spacial score (nSPS) is 32.0. The Morgan fingerprint density at radius 3 is 2.41 bits per heavy atom. The third-order valence-corrected chi connectivity index (χ3v) is 8.59. The van der Waals surface area contributed by atoms with E-state index >= 15 is 0 Å². The maximum atomic E-state index is 12.7. The van der Waals surface area contributed by atoms with Crippen molar-refractivity contribution >= 4 is 15.7 Å². The topological polar surface area (TPSA) is 57.7 Å². The van der Waals surface area contributed by atoms with Gasteiger partial charge in [-0.25, -0.2) is 8.42 Å². The fraction of sp³-hybridized carbons (Fsp3) is 0.938. The van der Waals surface area contributed by atoms with Gasteiger partial charge in [0.15, 0.2) is 9.84 Å². The van der Waals surface area contributed by atoms with Crippen LogP contribution in [0.15, 0.2) is 0 Å². The average molecular weight is 328 g/mol.